The molecule has 6 heteroatoms. The highest BCUT2D eigenvalue weighted by molar-refractivity contribution is 7.11. The number of halogens is 1. The van der Waals surface area contributed by atoms with Crippen molar-refractivity contribution in [2.75, 3.05) is 13.7 Å². The van der Waals surface area contributed by atoms with E-state index in [2.05, 4.69) is 4.98 Å². The van der Waals surface area contributed by atoms with Crippen LogP contribution in [0, 0.1) is 12.7 Å². The normalized spacial score (nSPS) is 13.7. The number of aromatic nitrogens is 1. The van der Waals surface area contributed by atoms with Crippen LogP contribution < -0.4 is 5.73 Å². The topological polar surface area (TPSA) is 65.2 Å². The lowest BCUT2D eigenvalue weighted by atomic mass is 9.77. The van der Waals surface area contributed by atoms with Crippen LogP contribution in [0.2, 0.25) is 0 Å². The first-order valence-corrected chi connectivity index (χ1v) is 7.29. The van der Waals surface area contributed by atoms with Crippen LogP contribution in [-0.2, 0) is 21.4 Å². The smallest absolute Gasteiger partial charge is 0.317 e. The maximum atomic E-state index is 13.1. The summed E-state index contributed by atoms with van der Waals surface area (Å²) >= 11 is 1.51. The number of carbonyl (C=O) groups is 1. The van der Waals surface area contributed by atoms with E-state index in [1.165, 1.54) is 30.6 Å². The molecule has 1 aromatic carbocycles. The molecule has 21 heavy (non-hydrogen) atoms. The summed E-state index contributed by atoms with van der Waals surface area (Å²) in [6.45, 7) is 1.97. The van der Waals surface area contributed by atoms with E-state index in [0.29, 0.717) is 12.0 Å². The molecule has 1 unspecified atom stereocenters. The first-order chi connectivity index (χ1) is 10.0. The highest BCUT2D eigenvalue weighted by Crippen LogP contribution is 2.31. The van der Waals surface area contributed by atoms with E-state index >= 15 is 0 Å². The first-order valence-electron chi connectivity index (χ1n) is 6.47. The van der Waals surface area contributed by atoms with Gasteiger partial charge in [-0.25, -0.2) is 9.37 Å². The zero-order valence-electron chi connectivity index (χ0n) is 11.9. The second kappa shape index (κ2) is 6.32. The summed E-state index contributed by atoms with van der Waals surface area (Å²) in [6, 6.07) is 5.79. The Bertz CT molecular complexity index is 627. The SMILES string of the molecule is COC(=O)C(CN)(Cc1cnc(C)s1)c1ccc(F)cc1. The van der Waals surface area contributed by atoms with Gasteiger partial charge in [-0.3, -0.25) is 4.79 Å². The zero-order valence-corrected chi connectivity index (χ0v) is 12.7. The van der Waals surface area contributed by atoms with Crippen LogP contribution in [0.3, 0.4) is 0 Å². The molecule has 0 saturated carbocycles. The Morgan fingerprint density at radius 1 is 1.43 bits per heavy atom. The molecule has 1 heterocycles. The van der Waals surface area contributed by atoms with E-state index in [0.717, 1.165) is 9.88 Å². The molecule has 0 saturated heterocycles. The van der Waals surface area contributed by atoms with Gasteiger partial charge in [0.25, 0.3) is 0 Å². The average Bonchev–Trinajstić information content (AvgIpc) is 2.90. The van der Waals surface area contributed by atoms with Crippen molar-refractivity contribution < 1.29 is 13.9 Å². The monoisotopic (exact) mass is 308 g/mol. The van der Waals surface area contributed by atoms with E-state index in [9.17, 15) is 9.18 Å². The van der Waals surface area contributed by atoms with Crippen molar-refractivity contribution in [3.63, 3.8) is 0 Å². The molecule has 0 amide bonds. The maximum absolute atomic E-state index is 13.1. The molecule has 0 fully saturated rings. The fourth-order valence-corrected chi connectivity index (χ4v) is 3.22. The Morgan fingerprint density at radius 2 is 2.10 bits per heavy atom. The Hall–Kier alpha value is -1.79. The van der Waals surface area contributed by atoms with Crippen molar-refractivity contribution in [2.24, 2.45) is 5.73 Å². The third-order valence-corrected chi connectivity index (χ3v) is 4.38. The highest BCUT2D eigenvalue weighted by atomic mass is 32.1. The van der Waals surface area contributed by atoms with Crippen LogP contribution in [0.1, 0.15) is 15.4 Å². The minimum atomic E-state index is -1.03. The number of nitrogens with zero attached hydrogens (tertiary/aromatic N) is 1. The number of aryl methyl sites for hydroxylation is 1. The van der Waals surface area contributed by atoms with Crippen molar-refractivity contribution in [3.05, 3.63) is 51.7 Å². The van der Waals surface area contributed by atoms with Crippen LogP contribution in [0.5, 0.6) is 0 Å². The fraction of sp³-hybridized carbons (Fsp3) is 0.333. The quantitative estimate of drug-likeness (QED) is 0.860. The molecular formula is C15H17FN2O2S. The molecule has 2 N–H and O–H groups in total. The van der Waals surface area contributed by atoms with Gasteiger partial charge in [-0.2, -0.15) is 0 Å². The van der Waals surface area contributed by atoms with E-state index in [-0.39, 0.29) is 12.4 Å². The highest BCUT2D eigenvalue weighted by Gasteiger charge is 2.41. The Balaban J connectivity index is 2.47. The summed E-state index contributed by atoms with van der Waals surface area (Å²) < 4.78 is 18.1. The number of hydrogen-bond acceptors (Lipinski definition) is 5. The average molecular weight is 308 g/mol. The van der Waals surface area contributed by atoms with Gasteiger partial charge in [0.15, 0.2) is 0 Å². The second-order valence-corrected chi connectivity index (χ2v) is 6.13. The summed E-state index contributed by atoms with van der Waals surface area (Å²) in [5, 5.41) is 0.917. The van der Waals surface area contributed by atoms with E-state index in [1.807, 2.05) is 6.92 Å². The number of methoxy groups -OCH3 is 1. The molecule has 4 nitrogen and oxygen atoms in total. The summed E-state index contributed by atoms with van der Waals surface area (Å²) in [5.41, 5.74) is 5.52. The lowest BCUT2D eigenvalue weighted by Gasteiger charge is -2.29. The van der Waals surface area contributed by atoms with Gasteiger partial charge in [0.1, 0.15) is 11.2 Å². The Morgan fingerprint density at radius 3 is 2.57 bits per heavy atom. The van der Waals surface area contributed by atoms with Crippen LogP contribution in [0.25, 0.3) is 0 Å². The molecule has 0 aliphatic rings. The van der Waals surface area contributed by atoms with Crippen LogP contribution >= 0.6 is 11.3 Å². The second-order valence-electron chi connectivity index (χ2n) is 4.81. The van der Waals surface area contributed by atoms with Crippen LogP contribution in [0.15, 0.2) is 30.5 Å². The third kappa shape index (κ3) is 3.11. The van der Waals surface area contributed by atoms with Crippen molar-refractivity contribution >= 4 is 17.3 Å². The van der Waals surface area contributed by atoms with Gasteiger partial charge in [-0.15, -0.1) is 11.3 Å². The van der Waals surface area contributed by atoms with Gasteiger partial charge in [0.2, 0.25) is 0 Å². The molecule has 1 atom stereocenters. The van der Waals surface area contributed by atoms with Gasteiger partial charge in [-0.05, 0) is 24.6 Å². The molecule has 0 aliphatic heterocycles. The number of hydrogen-bond donors (Lipinski definition) is 1. The van der Waals surface area contributed by atoms with Crippen molar-refractivity contribution in [2.45, 2.75) is 18.8 Å². The predicted molar refractivity (Wildman–Crippen MR) is 79.7 cm³/mol. The van der Waals surface area contributed by atoms with E-state index in [4.69, 9.17) is 10.5 Å². The van der Waals surface area contributed by atoms with E-state index in [1.54, 1.807) is 18.3 Å². The Kier molecular flexibility index (Phi) is 4.69. The number of esters is 1. The van der Waals surface area contributed by atoms with Gasteiger partial charge < -0.3 is 10.5 Å². The molecule has 1 aromatic heterocycles. The predicted octanol–water partition coefficient (Wildman–Crippen LogP) is 2.20. The molecular weight excluding hydrogens is 291 g/mol. The van der Waals surface area contributed by atoms with Crippen LogP contribution in [0.4, 0.5) is 4.39 Å². The summed E-state index contributed by atoms with van der Waals surface area (Å²) in [7, 11) is 1.33. The summed E-state index contributed by atoms with van der Waals surface area (Å²) in [4.78, 5) is 17.5. The summed E-state index contributed by atoms with van der Waals surface area (Å²) in [6.07, 6.45) is 2.12. The Labute approximate surface area is 126 Å². The van der Waals surface area contributed by atoms with Crippen molar-refractivity contribution in [1.29, 1.82) is 0 Å². The number of rotatable bonds is 5. The van der Waals surface area contributed by atoms with Crippen molar-refractivity contribution in [3.8, 4) is 0 Å². The molecule has 112 valence electrons. The van der Waals surface area contributed by atoms with Gasteiger partial charge in [0, 0.05) is 24.0 Å². The molecule has 0 spiro atoms. The minimum Gasteiger partial charge on any atom is -0.468 e. The van der Waals surface area contributed by atoms with Gasteiger partial charge in [0.05, 0.1) is 12.1 Å². The summed E-state index contributed by atoms with van der Waals surface area (Å²) in [5.74, 6) is -0.786. The van der Waals surface area contributed by atoms with Gasteiger partial charge >= 0.3 is 5.97 Å². The van der Waals surface area contributed by atoms with Gasteiger partial charge in [-0.1, -0.05) is 12.1 Å². The number of nitrogens with two attached hydrogens (primary N) is 1. The third-order valence-electron chi connectivity index (χ3n) is 3.47. The van der Waals surface area contributed by atoms with Crippen molar-refractivity contribution in [1.82, 2.24) is 4.98 Å². The number of carbonyl (C=O) groups excluding carboxylic acids is 1. The zero-order chi connectivity index (χ0) is 15.5. The molecule has 0 bridgehead atoms. The standard InChI is InChI=1S/C15H17FN2O2S/c1-10-18-8-13(21-10)7-15(9-17,14(19)20-2)11-3-5-12(16)6-4-11/h3-6,8H,7,9,17H2,1-2H3. The lowest BCUT2D eigenvalue weighted by Crippen LogP contribution is -2.45. The molecule has 0 radical (unpaired) electrons. The van der Waals surface area contributed by atoms with Crippen LogP contribution in [-0.4, -0.2) is 24.6 Å². The largest absolute Gasteiger partial charge is 0.468 e. The maximum Gasteiger partial charge on any atom is 0.317 e. The fourth-order valence-electron chi connectivity index (χ4n) is 2.31. The minimum absolute atomic E-state index is 0.0717. The number of benzene rings is 1. The number of ether oxygens (including phenoxy) is 1. The molecule has 2 rings (SSSR count). The lowest BCUT2D eigenvalue weighted by molar-refractivity contribution is -0.147. The van der Waals surface area contributed by atoms with E-state index < -0.39 is 11.4 Å². The molecule has 0 aliphatic carbocycles. The molecule has 2 aromatic rings. The number of thiazole rings is 1. The first kappa shape index (κ1) is 15.6.